The summed E-state index contributed by atoms with van der Waals surface area (Å²) in [4.78, 5) is 0. The Morgan fingerprint density at radius 2 is 1.56 bits per heavy atom. The van der Waals surface area contributed by atoms with Crippen LogP contribution in [0.25, 0.3) is 0 Å². The first kappa shape index (κ1) is 14.8. The smallest absolute Gasteiger partial charge is 0.329 e. The molecule has 0 radical (unpaired) electrons. The molecule has 0 aliphatic heterocycles. The quantitative estimate of drug-likeness (QED) is 0.813. The minimum Gasteiger partial charge on any atom is -0.329 e. The summed E-state index contributed by atoms with van der Waals surface area (Å²) in [7, 11) is 0. The van der Waals surface area contributed by atoms with E-state index in [-0.39, 0.29) is 6.54 Å². The molecule has 1 atom stereocenters. The molecule has 0 saturated carbocycles. The van der Waals surface area contributed by atoms with Crippen molar-refractivity contribution in [3.05, 3.63) is 34.9 Å². The van der Waals surface area contributed by atoms with Gasteiger partial charge in [0.15, 0.2) is 0 Å². The third-order valence-corrected chi connectivity index (χ3v) is 2.34. The molecule has 1 rings (SSSR count). The molecule has 0 heterocycles. The maximum atomic E-state index is 12.6. The Morgan fingerprint density at radius 1 is 1.00 bits per heavy atom. The van der Waals surface area contributed by atoms with Crippen LogP contribution in [-0.2, 0) is 12.4 Å². The van der Waals surface area contributed by atoms with Gasteiger partial charge in [0.05, 0.1) is 11.1 Å². The summed E-state index contributed by atoms with van der Waals surface area (Å²) in [5.74, 6) is 0. The lowest BCUT2D eigenvalue weighted by atomic mass is 9.97. The predicted octanol–water partition coefficient (Wildman–Crippen LogP) is 2.68. The van der Waals surface area contributed by atoms with Gasteiger partial charge in [-0.05, 0) is 23.8 Å². The molecule has 0 unspecified atom stereocenters. The molecule has 8 heteroatoms. The highest BCUT2D eigenvalue weighted by atomic mass is 19.4. The predicted molar refractivity (Wildman–Crippen MR) is 52.4 cm³/mol. The van der Waals surface area contributed by atoms with Crippen LogP contribution < -0.4 is 11.5 Å². The molecule has 4 N–H and O–H groups in total. The SMILES string of the molecule is NC[C@@H](N)c1cc(C(F)(F)F)ccc1C(F)(F)F. The van der Waals surface area contributed by atoms with Gasteiger partial charge in [0, 0.05) is 12.6 Å². The Balaban J connectivity index is 3.39. The Labute approximate surface area is 98.6 Å². The van der Waals surface area contributed by atoms with Crippen molar-refractivity contribution in [2.75, 3.05) is 6.54 Å². The monoisotopic (exact) mass is 272 g/mol. The zero-order valence-corrected chi connectivity index (χ0v) is 8.94. The highest BCUT2D eigenvalue weighted by Gasteiger charge is 2.37. The van der Waals surface area contributed by atoms with Crippen LogP contribution in [0.2, 0.25) is 0 Å². The molecule has 0 aliphatic rings. The topological polar surface area (TPSA) is 52.0 Å². The van der Waals surface area contributed by atoms with Gasteiger partial charge in [0.2, 0.25) is 0 Å². The standard InChI is InChI=1S/C10H10F6N2/c11-9(12,13)5-1-2-7(10(14,15)16)6(3-5)8(18)4-17/h1-3,8H,4,17-18H2/t8-/m1/s1. The summed E-state index contributed by atoms with van der Waals surface area (Å²) < 4.78 is 75.0. The highest BCUT2D eigenvalue weighted by molar-refractivity contribution is 5.37. The summed E-state index contributed by atoms with van der Waals surface area (Å²) in [6.45, 7) is -0.385. The zero-order valence-electron chi connectivity index (χ0n) is 8.94. The Kier molecular flexibility index (Phi) is 3.92. The molecule has 102 valence electrons. The van der Waals surface area contributed by atoms with E-state index < -0.39 is 35.1 Å². The van der Waals surface area contributed by atoms with E-state index in [2.05, 4.69) is 0 Å². The largest absolute Gasteiger partial charge is 0.416 e. The number of rotatable bonds is 2. The van der Waals surface area contributed by atoms with Gasteiger partial charge in [0.1, 0.15) is 0 Å². The van der Waals surface area contributed by atoms with Gasteiger partial charge in [0.25, 0.3) is 0 Å². The van der Waals surface area contributed by atoms with Crippen molar-refractivity contribution in [2.24, 2.45) is 11.5 Å². The van der Waals surface area contributed by atoms with Crippen LogP contribution in [0.5, 0.6) is 0 Å². The van der Waals surface area contributed by atoms with E-state index in [1.807, 2.05) is 0 Å². The first-order valence-corrected chi connectivity index (χ1v) is 4.81. The third-order valence-electron chi connectivity index (χ3n) is 2.34. The fourth-order valence-corrected chi connectivity index (χ4v) is 1.43. The van der Waals surface area contributed by atoms with Crippen molar-refractivity contribution in [3.8, 4) is 0 Å². The number of hydrogen-bond acceptors (Lipinski definition) is 2. The Bertz CT molecular complexity index is 423. The van der Waals surface area contributed by atoms with Crippen molar-refractivity contribution in [3.63, 3.8) is 0 Å². The number of hydrogen-bond donors (Lipinski definition) is 2. The van der Waals surface area contributed by atoms with E-state index in [0.717, 1.165) is 0 Å². The summed E-state index contributed by atoms with van der Waals surface area (Å²) in [5.41, 5.74) is 7.37. The van der Waals surface area contributed by atoms with E-state index in [1.54, 1.807) is 0 Å². The molecule has 2 nitrogen and oxygen atoms in total. The Morgan fingerprint density at radius 3 is 1.94 bits per heavy atom. The van der Waals surface area contributed by atoms with Crippen LogP contribution in [0.3, 0.4) is 0 Å². The minimum absolute atomic E-state index is 0.369. The highest BCUT2D eigenvalue weighted by Crippen LogP contribution is 2.37. The molecule has 0 spiro atoms. The fraction of sp³-hybridized carbons (Fsp3) is 0.400. The number of benzene rings is 1. The van der Waals surface area contributed by atoms with Crippen LogP contribution >= 0.6 is 0 Å². The molecular weight excluding hydrogens is 262 g/mol. The summed E-state index contributed by atoms with van der Waals surface area (Å²) >= 11 is 0. The van der Waals surface area contributed by atoms with Crippen LogP contribution in [-0.4, -0.2) is 6.54 Å². The van der Waals surface area contributed by atoms with Gasteiger partial charge in [-0.3, -0.25) is 0 Å². The normalized spacial score (nSPS) is 14.7. The molecule has 0 saturated heterocycles. The summed E-state index contributed by atoms with van der Waals surface area (Å²) in [6.07, 6.45) is -9.50. The van der Waals surface area contributed by atoms with Gasteiger partial charge in [-0.15, -0.1) is 0 Å². The molecule has 1 aromatic carbocycles. The van der Waals surface area contributed by atoms with Crippen molar-refractivity contribution < 1.29 is 26.3 Å². The van der Waals surface area contributed by atoms with Gasteiger partial charge in [-0.25, -0.2) is 0 Å². The summed E-state index contributed by atoms with van der Waals surface area (Å²) in [5, 5.41) is 0. The van der Waals surface area contributed by atoms with E-state index in [0.29, 0.717) is 18.2 Å². The average Bonchev–Trinajstić information content (AvgIpc) is 2.24. The maximum Gasteiger partial charge on any atom is 0.416 e. The number of alkyl halides is 6. The van der Waals surface area contributed by atoms with E-state index in [1.165, 1.54) is 0 Å². The van der Waals surface area contributed by atoms with Crippen LogP contribution in [0.4, 0.5) is 26.3 Å². The molecule has 1 aromatic rings. The van der Waals surface area contributed by atoms with Crippen LogP contribution in [0.15, 0.2) is 18.2 Å². The second kappa shape index (κ2) is 4.77. The fourth-order valence-electron chi connectivity index (χ4n) is 1.43. The van der Waals surface area contributed by atoms with Gasteiger partial charge in [-0.1, -0.05) is 0 Å². The lowest BCUT2D eigenvalue weighted by molar-refractivity contribution is -0.142. The van der Waals surface area contributed by atoms with Crippen LogP contribution in [0.1, 0.15) is 22.7 Å². The molecule has 0 amide bonds. The Hall–Kier alpha value is -1.28. The molecule has 0 aromatic heterocycles. The zero-order chi connectivity index (χ0) is 14.1. The third kappa shape index (κ3) is 3.14. The number of nitrogens with two attached hydrogens (primary N) is 2. The van der Waals surface area contributed by atoms with Crippen molar-refractivity contribution in [1.82, 2.24) is 0 Å². The maximum absolute atomic E-state index is 12.6. The lowest BCUT2D eigenvalue weighted by Crippen LogP contribution is -2.25. The first-order chi connectivity index (χ1) is 8.07. The second-order valence-electron chi connectivity index (χ2n) is 3.64. The lowest BCUT2D eigenvalue weighted by Gasteiger charge is -2.19. The first-order valence-electron chi connectivity index (χ1n) is 4.81. The minimum atomic E-state index is -4.77. The number of halogens is 6. The molecule has 18 heavy (non-hydrogen) atoms. The van der Waals surface area contributed by atoms with Gasteiger partial charge < -0.3 is 11.5 Å². The molecule has 0 bridgehead atoms. The molecule has 0 aliphatic carbocycles. The van der Waals surface area contributed by atoms with E-state index >= 15 is 0 Å². The van der Waals surface area contributed by atoms with Crippen molar-refractivity contribution in [1.29, 1.82) is 0 Å². The molecule has 0 fully saturated rings. The molecular formula is C10H10F6N2. The second-order valence-corrected chi connectivity index (χ2v) is 3.64. The summed E-state index contributed by atoms with van der Waals surface area (Å²) in [6, 6.07) is -0.173. The van der Waals surface area contributed by atoms with Crippen molar-refractivity contribution >= 4 is 0 Å². The van der Waals surface area contributed by atoms with E-state index in [9.17, 15) is 26.3 Å². The van der Waals surface area contributed by atoms with Crippen molar-refractivity contribution in [2.45, 2.75) is 18.4 Å². The van der Waals surface area contributed by atoms with Crippen LogP contribution in [0, 0.1) is 0 Å². The van der Waals surface area contributed by atoms with E-state index in [4.69, 9.17) is 11.5 Å². The average molecular weight is 272 g/mol. The van der Waals surface area contributed by atoms with Gasteiger partial charge in [-0.2, -0.15) is 26.3 Å². The van der Waals surface area contributed by atoms with Gasteiger partial charge >= 0.3 is 12.4 Å².